The SMILES string of the molecule is CCCCCCCC(=O)N1CCCC(C(=O)OC)C1. The number of amides is 1. The van der Waals surface area contributed by atoms with Crippen molar-refractivity contribution in [1.82, 2.24) is 4.90 Å². The van der Waals surface area contributed by atoms with Crippen molar-refractivity contribution < 1.29 is 14.3 Å². The first-order valence-electron chi connectivity index (χ1n) is 7.54. The van der Waals surface area contributed by atoms with Gasteiger partial charge in [-0.3, -0.25) is 9.59 Å². The van der Waals surface area contributed by atoms with Gasteiger partial charge in [-0.1, -0.05) is 32.6 Å². The summed E-state index contributed by atoms with van der Waals surface area (Å²) in [5.41, 5.74) is 0. The highest BCUT2D eigenvalue weighted by atomic mass is 16.5. The van der Waals surface area contributed by atoms with Crippen molar-refractivity contribution in [2.75, 3.05) is 20.2 Å². The zero-order valence-corrected chi connectivity index (χ0v) is 12.3. The summed E-state index contributed by atoms with van der Waals surface area (Å²) in [5.74, 6) is -0.103. The predicted molar refractivity (Wildman–Crippen MR) is 74.7 cm³/mol. The molecule has 4 nitrogen and oxygen atoms in total. The second-order valence-corrected chi connectivity index (χ2v) is 5.37. The van der Waals surface area contributed by atoms with Crippen LogP contribution in [0.1, 0.15) is 58.3 Å². The molecule has 0 spiro atoms. The number of carbonyl (C=O) groups excluding carboxylic acids is 2. The lowest BCUT2D eigenvalue weighted by Crippen LogP contribution is -2.42. The van der Waals surface area contributed by atoms with Gasteiger partial charge in [-0.05, 0) is 19.3 Å². The molecular weight excluding hydrogens is 242 g/mol. The normalized spacial score (nSPS) is 19.3. The monoisotopic (exact) mass is 269 g/mol. The summed E-state index contributed by atoms with van der Waals surface area (Å²) in [6.45, 7) is 3.52. The van der Waals surface area contributed by atoms with Crippen LogP contribution in [0.15, 0.2) is 0 Å². The summed E-state index contributed by atoms with van der Waals surface area (Å²) in [7, 11) is 1.41. The number of hydrogen-bond donors (Lipinski definition) is 0. The van der Waals surface area contributed by atoms with Gasteiger partial charge >= 0.3 is 5.97 Å². The third-order valence-electron chi connectivity index (χ3n) is 3.80. The molecule has 0 aromatic carbocycles. The van der Waals surface area contributed by atoms with Crippen LogP contribution in [0.25, 0.3) is 0 Å². The van der Waals surface area contributed by atoms with Gasteiger partial charge in [0.2, 0.25) is 5.91 Å². The molecule has 1 aliphatic heterocycles. The standard InChI is InChI=1S/C15H27NO3/c1-3-4-5-6-7-10-14(17)16-11-8-9-13(12-16)15(18)19-2/h13H,3-12H2,1-2H3. The average molecular weight is 269 g/mol. The van der Waals surface area contributed by atoms with E-state index in [9.17, 15) is 9.59 Å². The smallest absolute Gasteiger partial charge is 0.310 e. The highest BCUT2D eigenvalue weighted by Gasteiger charge is 2.28. The molecule has 1 rings (SSSR count). The third kappa shape index (κ3) is 5.62. The van der Waals surface area contributed by atoms with E-state index in [1.807, 2.05) is 4.90 Å². The molecule has 110 valence electrons. The van der Waals surface area contributed by atoms with Crippen molar-refractivity contribution in [1.29, 1.82) is 0 Å². The van der Waals surface area contributed by atoms with Gasteiger partial charge in [0.1, 0.15) is 0 Å². The second kappa shape index (κ2) is 8.94. The van der Waals surface area contributed by atoms with Gasteiger partial charge in [0.05, 0.1) is 13.0 Å². The highest BCUT2D eigenvalue weighted by Crippen LogP contribution is 2.19. The molecule has 0 radical (unpaired) electrons. The van der Waals surface area contributed by atoms with Gasteiger partial charge < -0.3 is 9.64 Å². The molecule has 0 bridgehead atoms. The van der Waals surface area contributed by atoms with Crippen LogP contribution in [0.3, 0.4) is 0 Å². The Morgan fingerprint density at radius 1 is 1.21 bits per heavy atom. The minimum absolute atomic E-state index is 0.122. The Morgan fingerprint density at radius 2 is 1.95 bits per heavy atom. The first-order chi connectivity index (χ1) is 9.19. The molecule has 4 heteroatoms. The van der Waals surface area contributed by atoms with Gasteiger partial charge in [0, 0.05) is 19.5 Å². The van der Waals surface area contributed by atoms with Crippen LogP contribution >= 0.6 is 0 Å². The van der Waals surface area contributed by atoms with Gasteiger partial charge in [-0.25, -0.2) is 0 Å². The number of methoxy groups -OCH3 is 1. The van der Waals surface area contributed by atoms with E-state index in [1.54, 1.807) is 0 Å². The number of nitrogens with zero attached hydrogens (tertiary/aromatic N) is 1. The maximum atomic E-state index is 12.1. The fourth-order valence-electron chi connectivity index (χ4n) is 2.60. The predicted octanol–water partition coefficient (Wildman–Crippen LogP) is 2.76. The Kier molecular flexibility index (Phi) is 7.53. The van der Waals surface area contributed by atoms with Crippen LogP contribution in [0.4, 0.5) is 0 Å². The molecule has 1 amide bonds. The van der Waals surface area contributed by atoms with Crippen LogP contribution in [0.5, 0.6) is 0 Å². The Balaban J connectivity index is 2.26. The molecule has 1 atom stereocenters. The lowest BCUT2D eigenvalue weighted by Gasteiger charge is -2.31. The van der Waals surface area contributed by atoms with Crippen LogP contribution in [0.2, 0.25) is 0 Å². The van der Waals surface area contributed by atoms with Gasteiger partial charge in [-0.2, -0.15) is 0 Å². The molecule has 19 heavy (non-hydrogen) atoms. The van der Waals surface area contributed by atoms with E-state index < -0.39 is 0 Å². The topological polar surface area (TPSA) is 46.6 Å². The molecule has 1 aliphatic rings. The summed E-state index contributed by atoms with van der Waals surface area (Å²) in [4.78, 5) is 25.4. The van der Waals surface area contributed by atoms with E-state index >= 15 is 0 Å². The molecule has 0 aromatic heterocycles. The number of ether oxygens (including phenoxy) is 1. The maximum Gasteiger partial charge on any atom is 0.310 e. The Morgan fingerprint density at radius 3 is 2.63 bits per heavy atom. The number of hydrogen-bond acceptors (Lipinski definition) is 3. The molecule has 1 saturated heterocycles. The minimum Gasteiger partial charge on any atom is -0.469 e. The third-order valence-corrected chi connectivity index (χ3v) is 3.80. The quantitative estimate of drug-likeness (QED) is 0.527. The van der Waals surface area contributed by atoms with Gasteiger partial charge in [-0.15, -0.1) is 0 Å². The van der Waals surface area contributed by atoms with E-state index in [2.05, 4.69) is 6.92 Å². The number of piperidine rings is 1. The number of rotatable bonds is 7. The Labute approximate surface area is 116 Å². The van der Waals surface area contributed by atoms with E-state index in [-0.39, 0.29) is 17.8 Å². The van der Waals surface area contributed by atoms with E-state index in [4.69, 9.17) is 4.74 Å². The Bertz CT molecular complexity index is 291. The first kappa shape index (κ1) is 16.0. The van der Waals surface area contributed by atoms with Gasteiger partial charge in [0.25, 0.3) is 0 Å². The molecule has 0 aliphatic carbocycles. The lowest BCUT2D eigenvalue weighted by molar-refractivity contribution is -0.149. The van der Waals surface area contributed by atoms with Crippen molar-refractivity contribution in [2.45, 2.75) is 58.3 Å². The van der Waals surface area contributed by atoms with E-state index in [0.29, 0.717) is 13.0 Å². The second-order valence-electron chi connectivity index (χ2n) is 5.37. The molecule has 0 aromatic rings. The summed E-state index contributed by atoms with van der Waals surface area (Å²) in [5, 5.41) is 0. The number of unbranched alkanes of at least 4 members (excludes halogenated alkanes) is 4. The molecule has 1 fully saturated rings. The van der Waals surface area contributed by atoms with Crippen molar-refractivity contribution in [3.63, 3.8) is 0 Å². The minimum atomic E-state index is -0.180. The van der Waals surface area contributed by atoms with Crippen molar-refractivity contribution in [3.8, 4) is 0 Å². The summed E-state index contributed by atoms with van der Waals surface area (Å²) >= 11 is 0. The van der Waals surface area contributed by atoms with Crippen LogP contribution in [-0.4, -0.2) is 37.0 Å². The molecular formula is C15H27NO3. The molecule has 1 unspecified atom stereocenters. The molecule has 0 saturated carbocycles. The first-order valence-corrected chi connectivity index (χ1v) is 7.54. The summed E-state index contributed by atoms with van der Waals surface area (Å²) in [6.07, 6.45) is 8.16. The zero-order chi connectivity index (χ0) is 14.1. The van der Waals surface area contributed by atoms with Crippen LogP contribution in [-0.2, 0) is 14.3 Å². The summed E-state index contributed by atoms with van der Waals surface area (Å²) in [6, 6.07) is 0. The lowest BCUT2D eigenvalue weighted by atomic mass is 9.97. The average Bonchev–Trinajstić information content (AvgIpc) is 2.46. The number of carbonyl (C=O) groups is 2. The highest BCUT2D eigenvalue weighted by molar-refractivity contribution is 5.78. The number of esters is 1. The fourth-order valence-corrected chi connectivity index (χ4v) is 2.60. The van der Waals surface area contributed by atoms with Crippen molar-refractivity contribution in [2.24, 2.45) is 5.92 Å². The zero-order valence-electron chi connectivity index (χ0n) is 12.3. The number of likely N-dealkylation sites (tertiary alicyclic amines) is 1. The van der Waals surface area contributed by atoms with Crippen molar-refractivity contribution in [3.05, 3.63) is 0 Å². The molecule has 1 heterocycles. The van der Waals surface area contributed by atoms with E-state index in [0.717, 1.165) is 32.2 Å². The summed E-state index contributed by atoms with van der Waals surface area (Å²) < 4.78 is 4.77. The van der Waals surface area contributed by atoms with Gasteiger partial charge in [0.15, 0.2) is 0 Å². The largest absolute Gasteiger partial charge is 0.469 e. The van der Waals surface area contributed by atoms with Crippen LogP contribution < -0.4 is 0 Å². The fraction of sp³-hybridized carbons (Fsp3) is 0.867. The van der Waals surface area contributed by atoms with Crippen molar-refractivity contribution >= 4 is 11.9 Å². The molecule has 0 N–H and O–H groups in total. The maximum absolute atomic E-state index is 12.1. The Hall–Kier alpha value is -1.06. The van der Waals surface area contributed by atoms with Crippen LogP contribution in [0, 0.1) is 5.92 Å². The van der Waals surface area contributed by atoms with E-state index in [1.165, 1.54) is 26.4 Å².